The molecular weight excluding hydrogens is 448 g/mol. The quantitative estimate of drug-likeness (QED) is 0.197. The summed E-state index contributed by atoms with van der Waals surface area (Å²) in [6, 6.07) is 0.929. The molecule has 0 N–H and O–H groups in total. The summed E-state index contributed by atoms with van der Waals surface area (Å²) in [4.78, 5) is 28.4. The number of nitrogens with zero attached hydrogens (tertiary/aromatic N) is 2. The summed E-state index contributed by atoms with van der Waals surface area (Å²) in [7, 11) is -6.67. The van der Waals surface area contributed by atoms with Gasteiger partial charge in [0.15, 0.2) is 0 Å². The highest BCUT2D eigenvalue weighted by Gasteiger charge is 2.58. The minimum absolute atomic E-state index is 0.144. The van der Waals surface area contributed by atoms with Gasteiger partial charge in [0.25, 0.3) is 0 Å². The second kappa shape index (κ2) is 12.5. The second-order valence-electron chi connectivity index (χ2n) is 10.1. The molecule has 184 valence electrons. The summed E-state index contributed by atoms with van der Waals surface area (Å²) in [5, 5.41) is 0. The Hall–Kier alpha value is -1.01. The highest BCUT2D eigenvalue weighted by Crippen LogP contribution is 2.37. The highest BCUT2D eigenvalue weighted by molar-refractivity contribution is 6.75. The van der Waals surface area contributed by atoms with E-state index in [1.807, 2.05) is 55.4 Å². The molecule has 1 heterocycles. The predicted molar refractivity (Wildman–Crippen MR) is 125 cm³/mol. The Morgan fingerprint density at radius 3 is 1.50 bits per heavy atom. The summed E-state index contributed by atoms with van der Waals surface area (Å²) in [6.45, 7) is 16.3. The van der Waals surface area contributed by atoms with Crippen LogP contribution in [0.4, 0.5) is 0 Å². The third-order valence-electron chi connectivity index (χ3n) is 4.29. The Morgan fingerprint density at radius 1 is 0.812 bits per heavy atom. The van der Waals surface area contributed by atoms with Crippen LogP contribution in [0.25, 0.3) is 0 Å². The fourth-order valence-corrected chi connectivity index (χ4v) is 12.1. The average molecular weight is 489 g/mol. The highest BCUT2D eigenvalue weighted by atomic mass is 28.5. The third kappa shape index (κ3) is 11.2. The van der Waals surface area contributed by atoms with Crippen molar-refractivity contribution >= 4 is 29.8 Å². The molecule has 9 nitrogen and oxygen atoms in total. The second-order valence-corrected chi connectivity index (χ2v) is 15.6. The Balaban J connectivity index is 3.43. The van der Waals surface area contributed by atoms with Crippen LogP contribution >= 0.6 is 0 Å². The fraction of sp³-hybridized carbons (Fsp3) is 0.905. The molecule has 1 aliphatic rings. The summed E-state index contributed by atoms with van der Waals surface area (Å²) < 4.78 is 33.0. The lowest BCUT2D eigenvalue weighted by Crippen LogP contribution is -2.65. The molecule has 0 radical (unpaired) electrons. The van der Waals surface area contributed by atoms with Crippen molar-refractivity contribution in [3.05, 3.63) is 0 Å². The first-order chi connectivity index (χ1) is 14.7. The molecule has 0 aliphatic carbocycles. The van der Waals surface area contributed by atoms with Crippen molar-refractivity contribution in [3.8, 4) is 0 Å². The molecule has 1 rings (SSSR count). The fourth-order valence-electron chi connectivity index (χ4n) is 3.65. The molecule has 0 aromatic heterocycles. The molecule has 11 heteroatoms. The van der Waals surface area contributed by atoms with Crippen LogP contribution in [-0.4, -0.2) is 66.3 Å². The molecule has 1 saturated heterocycles. The molecule has 0 aromatic rings. The minimum atomic E-state index is -3.33. The topological polar surface area (TPSA) is 105 Å². The zero-order valence-electron chi connectivity index (χ0n) is 20.9. The number of carbonyl (C=O) groups excluding carboxylic acids is 2. The normalized spacial score (nSPS) is 29.4. The van der Waals surface area contributed by atoms with Gasteiger partial charge in [0.05, 0.1) is 24.3 Å². The molecule has 32 heavy (non-hydrogen) atoms. The van der Waals surface area contributed by atoms with Gasteiger partial charge < -0.3 is 21.8 Å². The first kappa shape index (κ1) is 29.0. The van der Waals surface area contributed by atoms with Gasteiger partial charge in [-0.15, -0.1) is 0 Å². The lowest BCUT2D eigenvalue weighted by Gasteiger charge is -2.47. The van der Waals surface area contributed by atoms with Crippen molar-refractivity contribution in [2.45, 2.75) is 110 Å². The first-order valence-electron chi connectivity index (χ1n) is 11.3. The van der Waals surface area contributed by atoms with E-state index in [0.717, 1.165) is 0 Å². The van der Waals surface area contributed by atoms with E-state index in [-0.39, 0.29) is 12.2 Å². The number of rotatable bonds is 10. The summed E-state index contributed by atoms with van der Waals surface area (Å²) in [5.74, 6) is 0. The van der Waals surface area contributed by atoms with Crippen LogP contribution in [0.15, 0.2) is 9.98 Å². The van der Waals surface area contributed by atoms with E-state index in [4.69, 9.17) is 21.8 Å². The average Bonchev–Trinajstić information content (AvgIpc) is 2.58. The van der Waals surface area contributed by atoms with E-state index in [1.165, 1.54) is 0 Å². The lowest BCUT2D eigenvalue weighted by atomic mass is 10.2. The maximum atomic E-state index is 10.5. The number of hydrogen-bond acceptors (Lipinski definition) is 9. The molecule has 0 bridgehead atoms. The standard InChI is InChI=1S/C21H40N2O7Si2/c1-18-15-19(2)27-32(29-21(6,7)8,14-10-12-23-17-25)30-31(26-18,28-20(3,4)5)13-9-11-22-16-24/h18-19H,9-15H2,1-8H3. The van der Waals surface area contributed by atoms with E-state index >= 15 is 0 Å². The first-order valence-corrected chi connectivity index (χ1v) is 15.1. The van der Waals surface area contributed by atoms with Gasteiger partial charge in [-0.2, -0.15) is 0 Å². The summed E-state index contributed by atoms with van der Waals surface area (Å²) in [5.41, 5.74) is -1.07. The van der Waals surface area contributed by atoms with Gasteiger partial charge in [-0.05, 0) is 74.7 Å². The minimum Gasteiger partial charge on any atom is -0.371 e. The number of hydrogen-bond donors (Lipinski definition) is 0. The van der Waals surface area contributed by atoms with Gasteiger partial charge in [0.1, 0.15) is 0 Å². The maximum Gasteiger partial charge on any atom is 0.494 e. The van der Waals surface area contributed by atoms with Crippen LogP contribution < -0.4 is 0 Å². The smallest absolute Gasteiger partial charge is 0.371 e. The number of isocyanates is 2. The van der Waals surface area contributed by atoms with Gasteiger partial charge in [-0.25, -0.2) is 19.6 Å². The van der Waals surface area contributed by atoms with Crippen LogP contribution in [0.1, 0.15) is 74.7 Å². The van der Waals surface area contributed by atoms with Crippen molar-refractivity contribution < 1.29 is 31.4 Å². The molecule has 0 amide bonds. The van der Waals surface area contributed by atoms with E-state index in [2.05, 4.69) is 9.98 Å². The van der Waals surface area contributed by atoms with E-state index in [1.54, 1.807) is 12.2 Å². The van der Waals surface area contributed by atoms with Crippen LogP contribution in [0, 0.1) is 0 Å². The molecule has 0 aromatic carbocycles. The Labute approximate surface area is 194 Å². The Bertz CT molecular complexity index is 629. The van der Waals surface area contributed by atoms with E-state index < -0.39 is 28.8 Å². The van der Waals surface area contributed by atoms with Crippen LogP contribution in [-0.2, 0) is 31.4 Å². The van der Waals surface area contributed by atoms with Gasteiger partial charge >= 0.3 is 17.6 Å². The molecule has 1 aliphatic heterocycles. The van der Waals surface area contributed by atoms with E-state index in [0.29, 0.717) is 44.4 Å². The summed E-state index contributed by atoms with van der Waals surface area (Å²) in [6.07, 6.45) is 4.63. The molecule has 4 atom stereocenters. The maximum absolute atomic E-state index is 10.5. The SMILES string of the molecule is CC1CC(C)O[Si](CCCN=C=O)(OC(C)(C)C)O[Si](CCCN=C=O)(OC(C)(C)C)O1. The van der Waals surface area contributed by atoms with Crippen molar-refractivity contribution in [2.24, 2.45) is 9.98 Å². The summed E-state index contributed by atoms with van der Waals surface area (Å²) >= 11 is 0. The van der Waals surface area contributed by atoms with Crippen LogP contribution in [0.5, 0.6) is 0 Å². The van der Waals surface area contributed by atoms with Crippen LogP contribution in [0.2, 0.25) is 12.1 Å². The van der Waals surface area contributed by atoms with Crippen molar-refractivity contribution in [2.75, 3.05) is 13.1 Å². The largest absolute Gasteiger partial charge is 0.494 e. The monoisotopic (exact) mass is 488 g/mol. The van der Waals surface area contributed by atoms with Crippen molar-refractivity contribution in [1.29, 1.82) is 0 Å². The lowest BCUT2D eigenvalue weighted by molar-refractivity contribution is -0.0686. The molecular formula is C21H40N2O7Si2. The number of aliphatic imine (C=N–C) groups is 2. The van der Waals surface area contributed by atoms with E-state index in [9.17, 15) is 9.59 Å². The van der Waals surface area contributed by atoms with Crippen molar-refractivity contribution in [3.63, 3.8) is 0 Å². The molecule has 1 fully saturated rings. The predicted octanol–water partition coefficient (Wildman–Crippen LogP) is 4.18. The molecule has 0 spiro atoms. The van der Waals surface area contributed by atoms with Crippen molar-refractivity contribution in [1.82, 2.24) is 0 Å². The van der Waals surface area contributed by atoms with Gasteiger partial charge in [-0.3, -0.25) is 0 Å². The third-order valence-corrected chi connectivity index (χ3v) is 12.1. The van der Waals surface area contributed by atoms with Gasteiger partial charge in [0.2, 0.25) is 12.2 Å². The molecule has 4 unspecified atom stereocenters. The van der Waals surface area contributed by atoms with Gasteiger partial charge in [0, 0.05) is 24.3 Å². The van der Waals surface area contributed by atoms with Gasteiger partial charge in [-0.1, -0.05) is 0 Å². The Morgan fingerprint density at radius 2 is 1.19 bits per heavy atom. The zero-order chi connectivity index (χ0) is 24.5. The Kier molecular flexibility index (Phi) is 11.3. The molecule has 0 saturated carbocycles. The van der Waals surface area contributed by atoms with Crippen LogP contribution in [0.3, 0.4) is 0 Å². The zero-order valence-corrected chi connectivity index (χ0v) is 22.9.